The molecule has 1 N–H and O–H groups in total. The van der Waals surface area contributed by atoms with Crippen molar-refractivity contribution in [2.45, 2.75) is 13.1 Å². The summed E-state index contributed by atoms with van der Waals surface area (Å²) >= 11 is 7.04. The van der Waals surface area contributed by atoms with E-state index < -0.39 is 0 Å². The van der Waals surface area contributed by atoms with Gasteiger partial charge in [0, 0.05) is 23.0 Å². The van der Waals surface area contributed by atoms with Crippen molar-refractivity contribution in [1.29, 1.82) is 0 Å². The van der Waals surface area contributed by atoms with Crippen LogP contribution in [0.25, 0.3) is 0 Å². The van der Waals surface area contributed by atoms with Gasteiger partial charge in [0.1, 0.15) is 0 Å². The molecule has 0 aliphatic heterocycles. The maximum atomic E-state index is 12.7. The predicted octanol–water partition coefficient (Wildman–Crippen LogP) is 3.83. The van der Waals surface area contributed by atoms with Crippen LogP contribution in [0, 0.1) is 5.13 Å². The molecule has 0 saturated heterocycles. The Morgan fingerprint density at radius 2 is 2.06 bits per heavy atom. The lowest BCUT2D eigenvalue weighted by atomic mass is 10.2. The number of benzene rings is 1. The van der Waals surface area contributed by atoms with E-state index in [-0.39, 0.29) is 5.13 Å². The van der Waals surface area contributed by atoms with E-state index in [0.29, 0.717) is 6.54 Å². The van der Waals surface area contributed by atoms with E-state index in [9.17, 15) is 4.39 Å². The zero-order valence-corrected chi connectivity index (χ0v) is 10.1. The van der Waals surface area contributed by atoms with E-state index in [1.165, 1.54) is 17.4 Å². The van der Waals surface area contributed by atoms with Crippen LogP contribution in [0.3, 0.4) is 0 Å². The van der Waals surface area contributed by atoms with E-state index in [4.69, 9.17) is 11.6 Å². The summed E-state index contributed by atoms with van der Waals surface area (Å²) in [5.74, 6) is 0. The Morgan fingerprint density at radius 1 is 1.19 bits per heavy atom. The van der Waals surface area contributed by atoms with Gasteiger partial charge in [0.05, 0.1) is 0 Å². The van der Waals surface area contributed by atoms with Crippen molar-refractivity contribution in [3.63, 3.8) is 0 Å². The maximum absolute atomic E-state index is 12.7. The molecule has 84 valence electrons. The molecule has 16 heavy (non-hydrogen) atoms. The molecule has 4 heteroatoms. The van der Waals surface area contributed by atoms with Gasteiger partial charge in [-0.1, -0.05) is 23.7 Å². The van der Waals surface area contributed by atoms with E-state index >= 15 is 0 Å². The van der Waals surface area contributed by atoms with Crippen LogP contribution in [0.2, 0.25) is 5.02 Å². The summed E-state index contributed by atoms with van der Waals surface area (Å²) < 4.78 is 12.7. The van der Waals surface area contributed by atoms with Crippen molar-refractivity contribution in [1.82, 2.24) is 5.32 Å². The lowest BCUT2D eigenvalue weighted by molar-refractivity contribution is 0.657. The number of hydrogen-bond acceptors (Lipinski definition) is 2. The zero-order valence-electron chi connectivity index (χ0n) is 8.54. The fourth-order valence-electron chi connectivity index (χ4n) is 1.42. The Bertz CT molecular complexity index is 470. The van der Waals surface area contributed by atoms with E-state index in [1.807, 2.05) is 24.3 Å². The molecule has 2 aromatic rings. The van der Waals surface area contributed by atoms with Crippen LogP contribution in [0.1, 0.15) is 10.4 Å². The molecule has 1 aromatic carbocycles. The van der Waals surface area contributed by atoms with Crippen LogP contribution in [0.4, 0.5) is 4.39 Å². The predicted molar refractivity (Wildman–Crippen MR) is 66.3 cm³/mol. The summed E-state index contributed by atoms with van der Waals surface area (Å²) in [5, 5.41) is 3.84. The molecule has 0 bridgehead atoms. The van der Waals surface area contributed by atoms with Gasteiger partial charge in [0.2, 0.25) is 0 Å². The Balaban J connectivity index is 1.84. The van der Waals surface area contributed by atoms with Gasteiger partial charge in [-0.3, -0.25) is 0 Å². The summed E-state index contributed by atoms with van der Waals surface area (Å²) in [4.78, 5) is 1.000. The minimum Gasteiger partial charge on any atom is -0.308 e. The zero-order chi connectivity index (χ0) is 11.4. The first-order chi connectivity index (χ1) is 7.74. The van der Waals surface area contributed by atoms with E-state index in [0.717, 1.165) is 22.0 Å². The molecule has 0 aliphatic rings. The van der Waals surface area contributed by atoms with Crippen molar-refractivity contribution in [3.8, 4) is 0 Å². The van der Waals surface area contributed by atoms with Gasteiger partial charge in [-0.05, 0) is 29.8 Å². The molecule has 0 radical (unpaired) electrons. The lowest BCUT2D eigenvalue weighted by Crippen LogP contribution is -2.11. The molecule has 0 fully saturated rings. The van der Waals surface area contributed by atoms with Crippen LogP contribution >= 0.6 is 22.9 Å². The Morgan fingerprint density at radius 3 is 2.75 bits per heavy atom. The molecule has 0 atom stereocenters. The van der Waals surface area contributed by atoms with Crippen molar-refractivity contribution < 1.29 is 4.39 Å². The average molecular weight is 256 g/mol. The van der Waals surface area contributed by atoms with Gasteiger partial charge in [-0.2, -0.15) is 4.39 Å². The Hall–Kier alpha value is -0.900. The molecule has 0 spiro atoms. The third kappa shape index (κ3) is 3.30. The molecule has 0 unspecified atom stereocenters. The summed E-state index contributed by atoms with van der Waals surface area (Å²) in [6.07, 6.45) is 0. The van der Waals surface area contributed by atoms with E-state index in [2.05, 4.69) is 5.32 Å². The van der Waals surface area contributed by atoms with Gasteiger partial charge < -0.3 is 5.32 Å². The number of nitrogens with one attached hydrogen (secondary N) is 1. The van der Waals surface area contributed by atoms with Gasteiger partial charge in [-0.25, -0.2) is 0 Å². The standard InChI is InChI=1S/C12H11ClFNS/c13-10-3-1-2-9(6-10)7-15-8-11-4-5-12(14)16-11/h1-6,15H,7-8H2. The molecular weight excluding hydrogens is 245 g/mol. The summed E-state index contributed by atoms with van der Waals surface area (Å²) in [5.41, 5.74) is 1.13. The minimum atomic E-state index is -0.139. The number of rotatable bonds is 4. The highest BCUT2D eigenvalue weighted by molar-refractivity contribution is 7.10. The second-order valence-electron chi connectivity index (χ2n) is 3.44. The lowest BCUT2D eigenvalue weighted by Gasteiger charge is -2.03. The topological polar surface area (TPSA) is 12.0 Å². The second-order valence-corrected chi connectivity index (χ2v) is 4.99. The van der Waals surface area contributed by atoms with Crippen LogP contribution in [0.5, 0.6) is 0 Å². The third-order valence-electron chi connectivity index (χ3n) is 2.15. The van der Waals surface area contributed by atoms with Crippen molar-refractivity contribution in [3.05, 3.63) is 57.0 Å². The van der Waals surface area contributed by atoms with Crippen LogP contribution < -0.4 is 5.32 Å². The Labute approximate surface area is 103 Å². The highest BCUT2D eigenvalue weighted by atomic mass is 35.5. The Kier molecular flexibility index (Phi) is 3.93. The first-order valence-corrected chi connectivity index (χ1v) is 6.13. The molecule has 2 rings (SSSR count). The van der Waals surface area contributed by atoms with Gasteiger partial charge in [-0.15, -0.1) is 11.3 Å². The largest absolute Gasteiger partial charge is 0.308 e. The highest BCUT2D eigenvalue weighted by Crippen LogP contribution is 2.14. The fraction of sp³-hybridized carbons (Fsp3) is 0.167. The van der Waals surface area contributed by atoms with Crippen LogP contribution in [0.15, 0.2) is 36.4 Å². The monoisotopic (exact) mass is 255 g/mol. The minimum absolute atomic E-state index is 0.139. The van der Waals surface area contributed by atoms with Gasteiger partial charge >= 0.3 is 0 Å². The SMILES string of the molecule is Fc1ccc(CNCc2cccc(Cl)c2)s1. The third-order valence-corrected chi connectivity index (χ3v) is 3.26. The molecule has 0 aliphatic carbocycles. The number of thiophene rings is 1. The molecule has 1 nitrogen and oxygen atoms in total. The summed E-state index contributed by atoms with van der Waals surface area (Å²) in [6.45, 7) is 1.42. The molecule has 0 saturated carbocycles. The summed E-state index contributed by atoms with van der Waals surface area (Å²) in [6, 6.07) is 11.0. The first kappa shape index (κ1) is 11.6. The maximum Gasteiger partial charge on any atom is 0.176 e. The molecular formula is C12H11ClFNS. The average Bonchev–Trinajstić information content (AvgIpc) is 2.64. The quantitative estimate of drug-likeness (QED) is 0.876. The fourth-order valence-corrected chi connectivity index (χ4v) is 2.33. The van der Waals surface area contributed by atoms with Crippen LogP contribution in [-0.2, 0) is 13.1 Å². The molecule has 1 aromatic heterocycles. The van der Waals surface area contributed by atoms with Gasteiger partial charge in [0.15, 0.2) is 5.13 Å². The smallest absolute Gasteiger partial charge is 0.176 e. The number of hydrogen-bond donors (Lipinski definition) is 1. The normalized spacial score (nSPS) is 10.6. The number of halogens is 2. The molecule has 1 heterocycles. The van der Waals surface area contributed by atoms with Gasteiger partial charge in [0.25, 0.3) is 0 Å². The van der Waals surface area contributed by atoms with Crippen molar-refractivity contribution in [2.75, 3.05) is 0 Å². The molecule has 0 amide bonds. The van der Waals surface area contributed by atoms with Crippen molar-refractivity contribution >= 4 is 22.9 Å². The summed E-state index contributed by atoms with van der Waals surface area (Å²) in [7, 11) is 0. The first-order valence-electron chi connectivity index (χ1n) is 4.93. The van der Waals surface area contributed by atoms with Crippen LogP contribution in [-0.4, -0.2) is 0 Å². The van der Waals surface area contributed by atoms with Crippen molar-refractivity contribution in [2.24, 2.45) is 0 Å². The second kappa shape index (κ2) is 5.43. The van der Waals surface area contributed by atoms with E-state index in [1.54, 1.807) is 6.07 Å². The highest BCUT2D eigenvalue weighted by Gasteiger charge is 1.99.